The molecule has 1 aliphatic carbocycles. The molecule has 24 heavy (non-hydrogen) atoms. The lowest BCUT2D eigenvalue weighted by molar-refractivity contribution is 0.719. The molecular formula is C20H26IN3. The number of nitrogens with zero attached hydrogens (tertiary/aromatic N) is 1. The Bertz CT molecular complexity index is 670. The first-order valence-corrected chi connectivity index (χ1v) is 8.31. The van der Waals surface area contributed by atoms with Gasteiger partial charge < -0.3 is 10.6 Å². The summed E-state index contributed by atoms with van der Waals surface area (Å²) in [6.07, 6.45) is 1.27. The molecule has 2 unspecified atom stereocenters. The van der Waals surface area contributed by atoms with Gasteiger partial charge in [0.25, 0.3) is 0 Å². The molecule has 3 nitrogen and oxygen atoms in total. The molecule has 0 heterocycles. The molecule has 128 valence electrons. The maximum atomic E-state index is 4.32. The molecule has 1 fully saturated rings. The number of hydrogen-bond acceptors (Lipinski definition) is 1. The highest BCUT2D eigenvalue weighted by atomic mass is 127. The Labute approximate surface area is 162 Å². The van der Waals surface area contributed by atoms with E-state index < -0.39 is 0 Å². The summed E-state index contributed by atoms with van der Waals surface area (Å²) in [5.41, 5.74) is 4.03. The minimum Gasteiger partial charge on any atom is -0.356 e. The van der Waals surface area contributed by atoms with Crippen molar-refractivity contribution in [3.8, 4) is 0 Å². The van der Waals surface area contributed by atoms with Crippen LogP contribution in [0.25, 0.3) is 0 Å². The number of hydrogen-bond donors (Lipinski definition) is 2. The summed E-state index contributed by atoms with van der Waals surface area (Å²) < 4.78 is 0. The highest BCUT2D eigenvalue weighted by Crippen LogP contribution is 2.46. The van der Waals surface area contributed by atoms with Gasteiger partial charge in [-0.2, -0.15) is 0 Å². The summed E-state index contributed by atoms with van der Waals surface area (Å²) in [5.74, 6) is 2.30. The first kappa shape index (κ1) is 18.8. The molecule has 2 atom stereocenters. The quantitative estimate of drug-likeness (QED) is 0.422. The lowest BCUT2D eigenvalue weighted by Gasteiger charge is -2.12. The van der Waals surface area contributed by atoms with Crippen LogP contribution >= 0.6 is 24.0 Å². The third-order valence-electron chi connectivity index (χ3n) is 4.45. The molecule has 3 rings (SSSR count). The van der Waals surface area contributed by atoms with Gasteiger partial charge in [-0.25, -0.2) is 0 Å². The molecule has 1 saturated carbocycles. The molecule has 2 aromatic carbocycles. The molecule has 1 aliphatic rings. The van der Waals surface area contributed by atoms with Gasteiger partial charge >= 0.3 is 0 Å². The van der Waals surface area contributed by atoms with Crippen molar-refractivity contribution in [1.82, 2.24) is 10.6 Å². The van der Waals surface area contributed by atoms with Gasteiger partial charge in [0.15, 0.2) is 5.96 Å². The fourth-order valence-electron chi connectivity index (χ4n) is 3.04. The average Bonchev–Trinajstić information content (AvgIpc) is 3.36. The van der Waals surface area contributed by atoms with Gasteiger partial charge in [0, 0.05) is 20.1 Å². The number of aliphatic imine (C=N–C) groups is 1. The van der Waals surface area contributed by atoms with Crippen LogP contribution in [0.1, 0.15) is 29.0 Å². The zero-order chi connectivity index (χ0) is 16.1. The Kier molecular flexibility index (Phi) is 7.09. The van der Waals surface area contributed by atoms with E-state index in [1.807, 2.05) is 7.05 Å². The number of aryl methyl sites for hydroxylation is 1. The van der Waals surface area contributed by atoms with Crippen LogP contribution in [0.15, 0.2) is 59.6 Å². The number of benzene rings is 2. The summed E-state index contributed by atoms with van der Waals surface area (Å²) in [4.78, 5) is 4.32. The molecule has 0 saturated heterocycles. The van der Waals surface area contributed by atoms with Gasteiger partial charge in [0.05, 0.1) is 0 Å². The minimum absolute atomic E-state index is 0. The lowest BCUT2D eigenvalue weighted by atomic mass is 10.1. The van der Waals surface area contributed by atoms with Crippen molar-refractivity contribution in [2.75, 3.05) is 13.6 Å². The van der Waals surface area contributed by atoms with Crippen molar-refractivity contribution >= 4 is 29.9 Å². The summed E-state index contributed by atoms with van der Waals surface area (Å²) in [6, 6.07) is 19.3. The maximum Gasteiger partial charge on any atom is 0.191 e. The van der Waals surface area contributed by atoms with Crippen LogP contribution in [0.3, 0.4) is 0 Å². The number of halogens is 1. The highest BCUT2D eigenvalue weighted by molar-refractivity contribution is 14.0. The first-order chi connectivity index (χ1) is 11.3. The Morgan fingerprint density at radius 1 is 1.08 bits per heavy atom. The van der Waals surface area contributed by atoms with Crippen LogP contribution < -0.4 is 10.6 Å². The van der Waals surface area contributed by atoms with Crippen LogP contribution in [0.4, 0.5) is 0 Å². The van der Waals surface area contributed by atoms with Crippen LogP contribution in [-0.4, -0.2) is 19.6 Å². The van der Waals surface area contributed by atoms with Crippen molar-refractivity contribution in [1.29, 1.82) is 0 Å². The molecule has 0 spiro atoms. The van der Waals surface area contributed by atoms with Crippen molar-refractivity contribution in [2.45, 2.75) is 25.8 Å². The molecule has 4 heteroatoms. The van der Waals surface area contributed by atoms with Gasteiger partial charge in [-0.15, -0.1) is 24.0 Å². The van der Waals surface area contributed by atoms with E-state index in [9.17, 15) is 0 Å². The van der Waals surface area contributed by atoms with Crippen molar-refractivity contribution < 1.29 is 0 Å². The van der Waals surface area contributed by atoms with E-state index >= 15 is 0 Å². The van der Waals surface area contributed by atoms with E-state index in [0.29, 0.717) is 5.92 Å². The van der Waals surface area contributed by atoms with Crippen LogP contribution in [0.2, 0.25) is 0 Å². The van der Waals surface area contributed by atoms with Gasteiger partial charge in [-0.3, -0.25) is 4.99 Å². The second-order valence-electron chi connectivity index (χ2n) is 6.31. The van der Waals surface area contributed by atoms with E-state index in [-0.39, 0.29) is 24.0 Å². The molecule has 2 N–H and O–H groups in total. The lowest BCUT2D eigenvalue weighted by Crippen LogP contribution is -2.38. The Balaban J connectivity index is 0.00000208. The second kappa shape index (κ2) is 9.06. The molecule has 0 aliphatic heterocycles. The molecule has 0 bridgehead atoms. The van der Waals surface area contributed by atoms with Gasteiger partial charge in [0.2, 0.25) is 0 Å². The predicted molar refractivity (Wildman–Crippen MR) is 112 cm³/mol. The van der Waals surface area contributed by atoms with Crippen molar-refractivity contribution in [2.24, 2.45) is 10.9 Å². The number of guanidine groups is 1. The third kappa shape index (κ3) is 5.23. The smallest absolute Gasteiger partial charge is 0.191 e. The topological polar surface area (TPSA) is 36.4 Å². The summed E-state index contributed by atoms with van der Waals surface area (Å²) >= 11 is 0. The van der Waals surface area contributed by atoms with Gasteiger partial charge in [-0.05, 0) is 36.3 Å². The van der Waals surface area contributed by atoms with Gasteiger partial charge in [0.1, 0.15) is 0 Å². The SMILES string of the molecule is CN=C(NCc1cccc(C)c1)NCC1CC1c1ccccc1.I. The van der Waals surface area contributed by atoms with Crippen LogP contribution in [0, 0.1) is 12.8 Å². The second-order valence-corrected chi connectivity index (χ2v) is 6.31. The third-order valence-corrected chi connectivity index (χ3v) is 4.45. The molecule has 0 aromatic heterocycles. The largest absolute Gasteiger partial charge is 0.356 e. The van der Waals surface area contributed by atoms with Gasteiger partial charge in [-0.1, -0.05) is 60.2 Å². The predicted octanol–water partition coefficient (Wildman–Crippen LogP) is 4.08. The van der Waals surface area contributed by atoms with Crippen molar-refractivity contribution in [3.63, 3.8) is 0 Å². The molecule has 2 aromatic rings. The molecular weight excluding hydrogens is 409 g/mol. The number of rotatable bonds is 5. The summed E-state index contributed by atoms with van der Waals surface area (Å²) in [6.45, 7) is 3.90. The van der Waals surface area contributed by atoms with E-state index in [4.69, 9.17) is 0 Å². The first-order valence-electron chi connectivity index (χ1n) is 8.31. The Morgan fingerprint density at radius 2 is 1.88 bits per heavy atom. The average molecular weight is 435 g/mol. The fourth-order valence-corrected chi connectivity index (χ4v) is 3.04. The fraction of sp³-hybridized carbons (Fsp3) is 0.350. The normalized spacial score (nSPS) is 19.3. The highest BCUT2D eigenvalue weighted by Gasteiger charge is 2.37. The molecule has 0 amide bonds. The zero-order valence-electron chi connectivity index (χ0n) is 14.3. The van der Waals surface area contributed by atoms with E-state index in [1.165, 1.54) is 23.1 Å². The Morgan fingerprint density at radius 3 is 2.58 bits per heavy atom. The van der Waals surface area contributed by atoms with E-state index in [0.717, 1.165) is 25.0 Å². The standard InChI is InChI=1S/C20H25N3.HI/c1-15-7-6-8-16(11-15)13-22-20(21-2)23-14-18-12-19(18)17-9-4-3-5-10-17;/h3-11,18-19H,12-14H2,1-2H3,(H2,21,22,23);1H. The maximum absolute atomic E-state index is 4.32. The van der Waals surface area contributed by atoms with E-state index in [1.54, 1.807) is 0 Å². The van der Waals surface area contributed by atoms with Crippen LogP contribution in [-0.2, 0) is 6.54 Å². The monoisotopic (exact) mass is 435 g/mol. The summed E-state index contributed by atoms with van der Waals surface area (Å²) in [5, 5.41) is 6.84. The van der Waals surface area contributed by atoms with Crippen LogP contribution in [0.5, 0.6) is 0 Å². The minimum atomic E-state index is 0. The summed E-state index contributed by atoms with van der Waals surface area (Å²) in [7, 11) is 1.83. The number of nitrogens with one attached hydrogen (secondary N) is 2. The van der Waals surface area contributed by atoms with Crippen molar-refractivity contribution in [3.05, 3.63) is 71.3 Å². The molecule has 0 radical (unpaired) electrons. The Hall–Kier alpha value is -1.56. The zero-order valence-corrected chi connectivity index (χ0v) is 16.7. The van der Waals surface area contributed by atoms with E-state index in [2.05, 4.69) is 77.1 Å².